The van der Waals surface area contributed by atoms with Crippen LogP contribution in [0.15, 0.2) is 97.2 Å². The number of carbonyl (C=O) groups excluding carboxylic acids is 1. The van der Waals surface area contributed by atoms with Crippen LogP contribution in [0.25, 0.3) is 0 Å². The SMILES string of the molecule is CC/C=C\C/C=C\C/C=C\C/C=C\C/C=C\C/C=C\CCCCCCCCCCCCCCCCCCCCCCC(=O)NC(COC1OC(CO)C(OC2OC(CO)C(OC3OC(CO)C(O)C(O)C3O)C(O)C2O)C(O)C1O)C(O)/C=C/CC/C=C/CCCCCCCCCCCCCCCCCCCC. The Morgan fingerprint density at radius 1 is 0.343 bits per heavy atom. The molecule has 0 aromatic rings. The predicted octanol–water partition coefficient (Wildman–Crippen LogP) is 15.9. The van der Waals surface area contributed by atoms with Crippen LogP contribution in [0.1, 0.15) is 328 Å². The van der Waals surface area contributed by atoms with Crippen molar-refractivity contribution in [2.75, 3.05) is 26.4 Å². The highest BCUT2D eigenvalue weighted by molar-refractivity contribution is 5.76. The molecule has 3 aliphatic rings. The van der Waals surface area contributed by atoms with Crippen LogP contribution in [0.4, 0.5) is 0 Å². The zero-order chi connectivity index (χ0) is 78.1. The molecule has 17 unspecified atom stereocenters. The van der Waals surface area contributed by atoms with Crippen LogP contribution in [0, 0.1) is 0 Å². The highest BCUT2D eigenvalue weighted by Crippen LogP contribution is 2.33. The summed E-state index contributed by atoms with van der Waals surface area (Å²) >= 11 is 0. The van der Waals surface area contributed by atoms with E-state index >= 15 is 0 Å². The monoisotopic (exact) mass is 1530 g/mol. The van der Waals surface area contributed by atoms with Gasteiger partial charge in [0.1, 0.15) is 73.2 Å². The normalized spacial score (nSPS) is 25.9. The van der Waals surface area contributed by atoms with Crippen LogP contribution in [-0.2, 0) is 33.2 Å². The maximum Gasteiger partial charge on any atom is 0.220 e. The van der Waals surface area contributed by atoms with Gasteiger partial charge in [-0.25, -0.2) is 0 Å². The highest BCUT2D eigenvalue weighted by Gasteiger charge is 2.54. The van der Waals surface area contributed by atoms with E-state index in [-0.39, 0.29) is 18.9 Å². The van der Waals surface area contributed by atoms with Crippen LogP contribution in [0.3, 0.4) is 0 Å². The fraction of sp³-hybridized carbons (Fsp3) is 0.809. The van der Waals surface area contributed by atoms with E-state index in [2.05, 4.69) is 104 Å². The minimum absolute atomic E-state index is 0.235. The molecule has 19 heteroatoms. The van der Waals surface area contributed by atoms with E-state index in [0.29, 0.717) is 12.8 Å². The summed E-state index contributed by atoms with van der Waals surface area (Å²) in [6, 6.07) is -0.995. The molecular formula is C89H157NO18. The summed E-state index contributed by atoms with van der Waals surface area (Å²) in [4.78, 5) is 13.5. The molecule has 1 amide bonds. The van der Waals surface area contributed by atoms with E-state index in [1.807, 2.05) is 6.08 Å². The molecule has 0 aromatic carbocycles. The zero-order valence-corrected chi connectivity index (χ0v) is 67.3. The van der Waals surface area contributed by atoms with Crippen molar-refractivity contribution in [3.8, 4) is 0 Å². The molecule has 0 radical (unpaired) electrons. The molecule has 0 aromatic heterocycles. The van der Waals surface area contributed by atoms with Crippen LogP contribution >= 0.6 is 0 Å². The molecule has 626 valence electrons. The number of aliphatic hydroxyl groups is 11. The highest BCUT2D eigenvalue weighted by atomic mass is 16.8. The second-order valence-electron chi connectivity index (χ2n) is 30.6. The summed E-state index contributed by atoms with van der Waals surface area (Å²) in [7, 11) is 0. The quantitative estimate of drug-likeness (QED) is 0.0199. The molecule has 3 heterocycles. The van der Waals surface area contributed by atoms with Crippen molar-refractivity contribution in [1.82, 2.24) is 5.32 Å². The summed E-state index contributed by atoms with van der Waals surface area (Å²) in [5, 5.41) is 121. The van der Waals surface area contributed by atoms with E-state index < -0.39 is 124 Å². The minimum Gasteiger partial charge on any atom is -0.394 e. The van der Waals surface area contributed by atoms with Crippen molar-refractivity contribution in [3.63, 3.8) is 0 Å². The molecule has 12 N–H and O–H groups in total. The molecule has 3 aliphatic heterocycles. The molecule has 3 saturated heterocycles. The summed E-state index contributed by atoms with van der Waals surface area (Å²) < 4.78 is 34.5. The average molecular weight is 1530 g/mol. The Morgan fingerprint density at radius 3 is 1.04 bits per heavy atom. The average Bonchev–Trinajstić information content (AvgIpc) is 0.775. The van der Waals surface area contributed by atoms with Crippen molar-refractivity contribution < 1.29 is 89.4 Å². The third-order valence-electron chi connectivity index (χ3n) is 21.1. The summed E-state index contributed by atoms with van der Waals surface area (Å²) in [5.41, 5.74) is 0. The molecule has 0 aliphatic carbocycles. The Bertz CT molecular complexity index is 2330. The van der Waals surface area contributed by atoms with Gasteiger partial charge in [-0.2, -0.15) is 0 Å². The molecule has 0 saturated carbocycles. The van der Waals surface area contributed by atoms with E-state index in [1.54, 1.807) is 6.08 Å². The van der Waals surface area contributed by atoms with Gasteiger partial charge in [0, 0.05) is 6.42 Å². The third-order valence-corrected chi connectivity index (χ3v) is 21.1. The van der Waals surface area contributed by atoms with Crippen LogP contribution in [0.2, 0.25) is 0 Å². The van der Waals surface area contributed by atoms with Crippen molar-refractivity contribution >= 4 is 5.91 Å². The van der Waals surface area contributed by atoms with E-state index in [9.17, 15) is 61.0 Å². The largest absolute Gasteiger partial charge is 0.394 e. The van der Waals surface area contributed by atoms with Gasteiger partial charge < -0.3 is 89.9 Å². The predicted molar refractivity (Wildman–Crippen MR) is 434 cm³/mol. The first-order chi connectivity index (χ1) is 52.8. The van der Waals surface area contributed by atoms with Gasteiger partial charge in [-0.1, -0.05) is 336 Å². The van der Waals surface area contributed by atoms with Crippen LogP contribution in [-0.4, -0.2) is 193 Å². The maximum atomic E-state index is 13.5. The lowest BCUT2D eigenvalue weighted by Gasteiger charge is -2.48. The second kappa shape index (κ2) is 68.1. The number of rotatable bonds is 69. The Labute approximate surface area is 653 Å². The number of carbonyl (C=O) groups is 1. The molecule has 3 rings (SSSR count). The van der Waals surface area contributed by atoms with E-state index in [4.69, 9.17) is 28.4 Å². The molecular weight excluding hydrogens is 1370 g/mol. The first-order valence-corrected chi connectivity index (χ1v) is 43.5. The Morgan fingerprint density at radius 2 is 0.648 bits per heavy atom. The standard InChI is InChI=1S/C89H157NO18/c1-3-5-7-9-11-13-15-17-19-21-23-25-27-29-30-31-32-33-34-35-36-37-38-39-40-41-42-43-45-47-49-51-53-55-57-59-61-63-65-67-77(95)90-72(73(94)66-64-62-60-58-56-54-52-50-48-46-44-28-26-24-22-20-18-16-14-12-10-8-6-4-2)71-103-87-83(101)80(98)85(75(69-92)105-87)108-89-84(102)81(99)86(76(70-93)106-89)107-88-82(100)79(97)78(96)74(68-91)104-88/h5,7,11,13,17,19,23,25,29-30,32-33,56,58,64,66,72-76,78-89,91-94,96-102H,3-4,6,8-10,12,14-16,18,20-22,24,26-28,31,34-55,57,59-63,65,67-71H2,1-2H3,(H,90,95)/b7-5-,13-11-,19-17-,25-23-,30-29-,33-32-,58-56+,66-64+. The lowest BCUT2D eigenvalue weighted by atomic mass is 9.96. The molecule has 0 bridgehead atoms. The number of nitrogens with one attached hydrogen (secondary N) is 1. The number of aliphatic hydroxyl groups excluding tert-OH is 11. The molecule has 108 heavy (non-hydrogen) atoms. The Balaban J connectivity index is 1.33. The molecule has 3 fully saturated rings. The fourth-order valence-corrected chi connectivity index (χ4v) is 14.2. The number of ether oxygens (including phenoxy) is 6. The Hall–Kier alpha value is -3.29. The number of amides is 1. The van der Waals surface area contributed by atoms with Gasteiger partial charge in [-0.05, 0) is 83.5 Å². The first kappa shape index (κ1) is 98.9. The smallest absolute Gasteiger partial charge is 0.220 e. The van der Waals surface area contributed by atoms with Crippen molar-refractivity contribution in [2.45, 2.75) is 433 Å². The van der Waals surface area contributed by atoms with Gasteiger partial charge in [0.25, 0.3) is 0 Å². The summed E-state index contributed by atoms with van der Waals surface area (Å²) in [6.45, 7) is 1.64. The summed E-state index contributed by atoms with van der Waals surface area (Å²) in [5.74, 6) is -0.282. The Kier molecular flexibility index (Phi) is 62.4. The first-order valence-electron chi connectivity index (χ1n) is 43.5. The van der Waals surface area contributed by atoms with Crippen LogP contribution in [0.5, 0.6) is 0 Å². The van der Waals surface area contributed by atoms with Gasteiger partial charge in [0.05, 0.1) is 38.6 Å². The van der Waals surface area contributed by atoms with E-state index in [1.165, 1.54) is 218 Å². The van der Waals surface area contributed by atoms with Gasteiger partial charge in [0.2, 0.25) is 5.91 Å². The van der Waals surface area contributed by atoms with Gasteiger partial charge >= 0.3 is 0 Å². The molecule has 0 spiro atoms. The molecule has 17 atom stereocenters. The number of hydrogen-bond donors (Lipinski definition) is 12. The maximum absolute atomic E-state index is 13.5. The number of allylic oxidation sites excluding steroid dienone is 15. The minimum atomic E-state index is -1.98. The number of hydrogen-bond acceptors (Lipinski definition) is 18. The van der Waals surface area contributed by atoms with Crippen molar-refractivity contribution in [2.24, 2.45) is 0 Å². The van der Waals surface area contributed by atoms with Crippen molar-refractivity contribution in [3.05, 3.63) is 97.2 Å². The van der Waals surface area contributed by atoms with Gasteiger partial charge in [-0.15, -0.1) is 0 Å². The summed E-state index contributed by atoms with van der Waals surface area (Å²) in [6.07, 6.45) is 67.0. The van der Waals surface area contributed by atoms with Crippen LogP contribution < -0.4 is 5.32 Å². The lowest BCUT2D eigenvalue weighted by molar-refractivity contribution is -0.379. The number of unbranched alkanes of at least 4 members (excludes halogenated alkanes) is 39. The van der Waals surface area contributed by atoms with E-state index in [0.717, 1.165) is 77.0 Å². The van der Waals surface area contributed by atoms with Crippen molar-refractivity contribution in [1.29, 1.82) is 0 Å². The topological polar surface area (TPSA) is 307 Å². The lowest BCUT2D eigenvalue weighted by Crippen LogP contribution is -2.66. The third kappa shape index (κ3) is 46.8. The zero-order valence-electron chi connectivity index (χ0n) is 67.3. The van der Waals surface area contributed by atoms with Gasteiger partial charge in [0.15, 0.2) is 18.9 Å². The van der Waals surface area contributed by atoms with Gasteiger partial charge in [-0.3, -0.25) is 4.79 Å². The fourth-order valence-electron chi connectivity index (χ4n) is 14.2. The second-order valence-corrected chi connectivity index (χ2v) is 30.6. The molecule has 19 nitrogen and oxygen atoms in total.